The minimum absolute atomic E-state index is 0.0923. The number of rotatable bonds is 8. The number of para-hydroxylation sites is 1. The summed E-state index contributed by atoms with van der Waals surface area (Å²) in [4.78, 5) is 28.2. The van der Waals surface area contributed by atoms with Gasteiger partial charge in [-0.05, 0) is 37.6 Å². The second-order valence-electron chi connectivity index (χ2n) is 7.26. The van der Waals surface area contributed by atoms with Gasteiger partial charge in [0.2, 0.25) is 5.91 Å². The van der Waals surface area contributed by atoms with E-state index in [1.54, 1.807) is 38.1 Å². The van der Waals surface area contributed by atoms with E-state index in [9.17, 15) is 14.7 Å². The number of carboxylic acids is 1. The number of nitrogens with one attached hydrogen (secondary N) is 1. The molecule has 29 heavy (non-hydrogen) atoms. The van der Waals surface area contributed by atoms with E-state index in [-0.39, 0.29) is 12.3 Å². The fourth-order valence-electron chi connectivity index (χ4n) is 2.92. The Morgan fingerprint density at radius 2 is 1.90 bits per heavy atom. The van der Waals surface area contributed by atoms with Gasteiger partial charge in [-0.15, -0.1) is 0 Å². The van der Waals surface area contributed by atoms with Crippen molar-refractivity contribution < 1.29 is 19.4 Å². The van der Waals surface area contributed by atoms with Gasteiger partial charge in [-0.1, -0.05) is 37.3 Å². The highest BCUT2D eigenvalue weighted by Gasteiger charge is 2.33. The molecule has 2 aromatic carbocycles. The molecule has 1 unspecified atom stereocenters. The molecule has 6 nitrogen and oxygen atoms in total. The van der Waals surface area contributed by atoms with E-state index < -0.39 is 11.4 Å². The van der Waals surface area contributed by atoms with Crippen LogP contribution in [0, 0.1) is 5.41 Å². The Morgan fingerprint density at radius 3 is 2.66 bits per heavy atom. The van der Waals surface area contributed by atoms with Gasteiger partial charge in [0.1, 0.15) is 12.4 Å². The first kappa shape index (κ1) is 20.3. The number of aliphatic carboxylic acids is 1. The van der Waals surface area contributed by atoms with E-state index in [4.69, 9.17) is 4.74 Å². The van der Waals surface area contributed by atoms with Crippen LogP contribution < -0.4 is 10.1 Å². The van der Waals surface area contributed by atoms with Gasteiger partial charge in [-0.3, -0.25) is 9.59 Å². The summed E-state index contributed by atoms with van der Waals surface area (Å²) in [5, 5.41) is 13.2. The molecule has 1 aromatic heterocycles. The zero-order valence-electron chi connectivity index (χ0n) is 16.5. The molecular weight excluding hydrogens is 368 g/mol. The first-order valence-electron chi connectivity index (χ1n) is 9.50. The third kappa shape index (κ3) is 5.10. The second kappa shape index (κ2) is 8.73. The average Bonchev–Trinajstić information content (AvgIpc) is 2.72. The van der Waals surface area contributed by atoms with Gasteiger partial charge in [0.15, 0.2) is 0 Å². The third-order valence-electron chi connectivity index (χ3n) is 5.01. The van der Waals surface area contributed by atoms with Crippen LogP contribution in [0.2, 0.25) is 0 Å². The van der Waals surface area contributed by atoms with E-state index in [0.29, 0.717) is 24.5 Å². The second-order valence-corrected chi connectivity index (χ2v) is 7.26. The quantitative estimate of drug-likeness (QED) is 0.583. The molecule has 3 rings (SSSR count). The fourth-order valence-corrected chi connectivity index (χ4v) is 2.92. The summed E-state index contributed by atoms with van der Waals surface area (Å²) in [6.45, 7) is 3.64. The normalized spacial score (nSPS) is 12.9. The molecule has 0 bridgehead atoms. The predicted molar refractivity (Wildman–Crippen MR) is 112 cm³/mol. The maximum Gasteiger partial charge on any atom is 0.309 e. The number of hydrogen-bond donors (Lipinski definition) is 2. The van der Waals surface area contributed by atoms with Gasteiger partial charge < -0.3 is 15.2 Å². The van der Waals surface area contributed by atoms with Crippen molar-refractivity contribution in [3.05, 3.63) is 66.4 Å². The molecule has 0 spiro atoms. The summed E-state index contributed by atoms with van der Waals surface area (Å²) < 4.78 is 5.82. The van der Waals surface area contributed by atoms with Crippen molar-refractivity contribution in [3.63, 3.8) is 0 Å². The van der Waals surface area contributed by atoms with Crippen LogP contribution in [-0.4, -0.2) is 22.0 Å². The summed E-state index contributed by atoms with van der Waals surface area (Å²) in [7, 11) is 0. The van der Waals surface area contributed by atoms with Crippen molar-refractivity contribution in [2.45, 2.75) is 33.3 Å². The van der Waals surface area contributed by atoms with E-state index in [1.165, 1.54) is 0 Å². The number of hydrogen-bond acceptors (Lipinski definition) is 4. The van der Waals surface area contributed by atoms with Crippen LogP contribution in [0.15, 0.2) is 60.7 Å². The van der Waals surface area contributed by atoms with E-state index >= 15 is 0 Å². The Labute approximate surface area is 169 Å². The van der Waals surface area contributed by atoms with Crippen LogP contribution in [0.4, 0.5) is 5.69 Å². The van der Waals surface area contributed by atoms with E-state index in [2.05, 4.69) is 10.3 Å². The Kier molecular flexibility index (Phi) is 6.12. The number of carbonyl (C=O) groups excluding carboxylic acids is 1. The molecule has 1 heterocycles. The number of benzene rings is 2. The van der Waals surface area contributed by atoms with Gasteiger partial charge in [0, 0.05) is 23.6 Å². The van der Waals surface area contributed by atoms with Gasteiger partial charge in [-0.2, -0.15) is 0 Å². The van der Waals surface area contributed by atoms with Crippen LogP contribution in [-0.2, 0) is 16.2 Å². The number of carboxylic acid groups (broad SMARTS) is 1. The molecule has 0 aliphatic rings. The smallest absolute Gasteiger partial charge is 0.309 e. The molecule has 0 aliphatic heterocycles. The van der Waals surface area contributed by atoms with Gasteiger partial charge in [-0.25, -0.2) is 4.98 Å². The monoisotopic (exact) mass is 392 g/mol. The lowest BCUT2D eigenvalue weighted by atomic mass is 9.84. The van der Waals surface area contributed by atoms with Gasteiger partial charge >= 0.3 is 5.97 Å². The van der Waals surface area contributed by atoms with Gasteiger partial charge in [0.25, 0.3) is 0 Å². The minimum Gasteiger partial charge on any atom is -0.487 e. The fraction of sp³-hybridized carbons (Fsp3) is 0.261. The van der Waals surface area contributed by atoms with Crippen LogP contribution in [0.25, 0.3) is 10.9 Å². The molecule has 0 fully saturated rings. The number of anilines is 1. The zero-order valence-corrected chi connectivity index (χ0v) is 16.5. The van der Waals surface area contributed by atoms with Crippen LogP contribution in [0.1, 0.15) is 32.4 Å². The molecule has 1 amide bonds. The SMILES string of the molecule is CCC(C)(CC(=O)Nc1cccc(OCc2ccc3ccccc3n2)c1)C(=O)O. The van der Waals surface area contributed by atoms with E-state index in [1.807, 2.05) is 36.4 Å². The minimum atomic E-state index is -1.08. The highest BCUT2D eigenvalue weighted by Crippen LogP contribution is 2.27. The lowest BCUT2D eigenvalue weighted by Crippen LogP contribution is -2.31. The number of fused-ring (bicyclic) bond motifs is 1. The Balaban J connectivity index is 1.63. The van der Waals surface area contributed by atoms with Crippen molar-refractivity contribution in [2.75, 3.05) is 5.32 Å². The largest absolute Gasteiger partial charge is 0.487 e. The van der Waals surface area contributed by atoms with Crippen LogP contribution in [0.3, 0.4) is 0 Å². The maximum atomic E-state index is 12.3. The zero-order chi connectivity index (χ0) is 20.9. The maximum absolute atomic E-state index is 12.3. The first-order chi connectivity index (χ1) is 13.9. The summed E-state index contributed by atoms with van der Waals surface area (Å²) in [6, 6.07) is 18.8. The Morgan fingerprint density at radius 1 is 1.10 bits per heavy atom. The third-order valence-corrected chi connectivity index (χ3v) is 5.01. The first-order valence-corrected chi connectivity index (χ1v) is 9.50. The van der Waals surface area contributed by atoms with Crippen molar-refractivity contribution in [1.82, 2.24) is 4.98 Å². The molecule has 3 aromatic rings. The molecule has 2 N–H and O–H groups in total. The van der Waals surface area contributed by atoms with Crippen molar-refractivity contribution >= 4 is 28.5 Å². The number of carbonyl (C=O) groups is 2. The molecule has 0 aliphatic carbocycles. The predicted octanol–water partition coefficient (Wildman–Crippen LogP) is 4.64. The van der Waals surface area contributed by atoms with Crippen molar-refractivity contribution in [2.24, 2.45) is 5.41 Å². The molecule has 0 radical (unpaired) electrons. The number of aromatic nitrogens is 1. The summed E-state index contributed by atoms with van der Waals surface area (Å²) in [5.41, 5.74) is 1.19. The number of ether oxygens (including phenoxy) is 1. The molecule has 0 saturated heterocycles. The van der Waals surface area contributed by atoms with Crippen LogP contribution >= 0.6 is 0 Å². The van der Waals surface area contributed by atoms with Gasteiger partial charge in [0.05, 0.1) is 16.6 Å². The average molecular weight is 392 g/mol. The van der Waals surface area contributed by atoms with E-state index in [0.717, 1.165) is 16.6 Å². The molecule has 150 valence electrons. The Bertz CT molecular complexity index is 1030. The highest BCUT2D eigenvalue weighted by molar-refractivity contribution is 5.94. The standard InChI is InChI=1S/C23H24N2O4/c1-3-23(2,22(27)28)14-21(26)25-17-8-6-9-19(13-17)29-15-18-12-11-16-7-4-5-10-20(16)24-18/h4-13H,3,14-15H2,1-2H3,(H,25,26)(H,27,28). The number of nitrogens with zero attached hydrogens (tertiary/aromatic N) is 1. The highest BCUT2D eigenvalue weighted by atomic mass is 16.5. The topological polar surface area (TPSA) is 88.5 Å². The summed E-state index contributed by atoms with van der Waals surface area (Å²) in [5.74, 6) is -0.727. The molecule has 6 heteroatoms. The molecule has 1 atom stereocenters. The Hall–Kier alpha value is -3.41. The van der Waals surface area contributed by atoms with Crippen molar-refractivity contribution in [1.29, 1.82) is 0 Å². The summed E-state index contributed by atoms with van der Waals surface area (Å²) >= 11 is 0. The van der Waals surface area contributed by atoms with Crippen molar-refractivity contribution in [3.8, 4) is 5.75 Å². The lowest BCUT2D eigenvalue weighted by Gasteiger charge is -2.22. The molecule has 0 saturated carbocycles. The number of pyridine rings is 1. The van der Waals surface area contributed by atoms with Crippen LogP contribution in [0.5, 0.6) is 5.75 Å². The number of amides is 1. The molecular formula is C23H24N2O4. The lowest BCUT2D eigenvalue weighted by molar-refractivity contribution is -0.150. The summed E-state index contributed by atoms with van der Waals surface area (Å²) in [6.07, 6.45) is 0.280.